The standard InChI is InChI=1S/C10H21NS/c1-8(2)12-10(7-11)9-5-3-4-6-9/h8-10H,3-7,11H2,1-2H3. The minimum atomic E-state index is 0.729. The highest BCUT2D eigenvalue weighted by molar-refractivity contribution is 8.00. The van der Waals surface area contributed by atoms with Gasteiger partial charge in [-0.15, -0.1) is 0 Å². The summed E-state index contributed by atoms with van der Waals surface area (Å²) in [6, 6.07) is 0. The molecule has 1 fully saturated rings. The van der Waals surface area contributed by atoms with Crippen LogP contribution in [0.4, 0.5) is 0 Å². The van der Waals surface area contributed by atoms with Crippen molar-refractivity contribution in [1.29, 1.82) is 0 Å². The summed E-state index contributed by atoms with van der Waals surface area (Å²) in [5, 5.41) is 1.46. The molecule has 0 aromatic heterocycles. The summed E-state index contributed by atoms with van der Waals surface area (Å²) >= 11 is 2.07. The third-order valence-corrected chi connectivity index (χ3v) is 4.08. The van der Waals surface area contributed by atoms with E-state index in [0.29, 0.717) is 0 Å². The van der Waals surface area contributed by atoms with Crippen LogP contribution in [0.25, 0.3) is 0 Å². The monoisotopic (exact) mass is 187 g/mol. The predicted molar refractivity (Wildman–Crippen MR) is 57.5 cm³/mol. The van der Waals surface area contributed by atoms with Crippen molar-refractivity contribution in [3.63, 3.8) is 0 Å². The quantitative estimate of drug-likeness (QED) is 0.732. The van der Waals surface area contributed by atoms with E-state index >= 15 is 0 Å². The minimum Gasteiger partial charge on any atom is -0.329 e. The fourth-order valence-electron chi connectivity index (χ4n) is 2.04. The maximum Gasteiger partial charge on any atom is 0.0201 e. The van der Waals surface area contributed by atoms with E-state index in [1.54, 1.807) is 0 Å². The molecule has 1 saturated carbocycles. The van der Waals surface area contributed by atoms with Gasteiger partial charge in [0.2, 0.25) is 0 Å². The zero-order valence-electron chi connectivity index (χ0n) is 8.25. The number of nitrogens with two attached hydrogens (primary N) is 1. The second kappa shape index (κ2) is 5.13. The van der Waals surface area contributed by atoms with Gasteiger partial charge in [-0.25, -0.2) is 0 Å². The van der Waals surface area contributed by atoms with Crippen molar-refractivity contribution in [1.82, 2.24) is 0 Å². The highest BCUT2D eigenvalue weighted by Crippen LogP contribution is 2.34. The van der Waals surface area contributed by atoms with Crippen LogP contribution >= 0.6 is 11.8 Å². The van der Waals surface area contributed by atoms with Crippen molar-refractivity contribution >= 4 is 11.8 Å². The molecule has 0 amide bonds. The maximum absolute atomic E-state index is 5.78. The Balaban J connectivity index is 2.32. The Morgan fingerprint density at radius 2 is 1.92 bits per heavy atom. The summed E-state index contributed by atoms with van der Waals surface area (Å²) in [4.78, 5) is 0. The average molecular weight is 187 g/mol. The molecule has 0 heterocycles. The Kier molecular flexibility index (Phi) is 4.44. The van der Waals surface area contributed by atoms with Gasteiger partial charge >= 0.3 is 0 Å². The van der Waals surface area contributed by atoms with Gasteiger partial charge in [0.05, 0.1) is 0 Å². The smallest absolute Gasteiger partial charge is 0.0201 e. The van der Waals surface area contributed by atoms with E-state index in [9.17, 15) is 0 Å². The molecule has 0 saturated heterocycles. The SMILES string of the molecule is CC(C)SC(CN)C1CCCC1. The van der Waals surface area contributed by atoms with Gasteiger partial charge in [0, 0.05) is 11.8 Å². The minimum absolute atomic E-state index is 0.729. The van der Waals surface area contributed by atoms with E-state index in [1.165, 1.54) is 25.7 Å². The molecule has 2 N–H and O–H groups in total. The van der Waals surface area contributed by atoms with Crippen molar-refractivity contribution in [2.45, 2.75) is 50.0 Å². The first-order chi connectivity index (χ1) is 5.74. The Morgan fingerprint density at radius 1 is 1.33 bits per heavy atom. The molecule has 1 unspecified atom stereocenters. The van der Waals surface area contributed by atoms with Crippen LogP contribution in [0.2, 0.25) is 0 Å². The Labute approximate surface area is 80.5 Å². The molecule has 2 heteroatoms. The average Bonchev–Trinajstić information content (AvgIpc) is 2.51. The van der Waals surface area contributed by atoms with Crippen LogP contribution in [0, 0.1) is 5.92 Å². The molecule has 12 heavy (non-hydrogen) atoms. The fourth-order valence-corrected chi connectivity index (χ4v) is 3.34. The van der Waals surface area contributed by atoms with Gasteiger partial charge in [0.1, 0.15) is 0 Å². The lowest BCUT2D eigenvalue weighted by molar-refractivity contribution is 0.524. The van der Waals surface area contributed by atoms with Gasteiger partial charge in [-0.3, -0.25) is 0 Å². The second-order valence-electron chi connectivity index (χ2n) is 4.00. The summed E-state index contributed by atoms with van der Waals surface area (Å²) in [7, 11) is 0. The summed E-state index contributed by atoms with van der Waals surface area (Å²) in [6.07, 6.45) is 5.70. The lowest BCUT2D eigenvalue weighted by Crippen LogP contribution is -2.25. The van der Waals surface area contributed by atoms with E-state index in [-0.39, 0.29) is 0 Å². The molecule has 72 valence electrons. The van der Waals surface area contributed by atoms with Crippen molar-refractivity contribution in [2.24, 2.45) is 11.7 Å². The summed E-state index contributed by atoms with van der Waals surface area (Å²) in [6.45, 7) is 5.40. The molecule has 1 nitrogen and oxygen atoms in total. The van der Waals surface area contributed by atoms with Crippen LogP contribution < -0.4 is 5.73 Å². The summed E-state index contributed by atoms with van der Waals surface area (Å²) < 4.78 is 0. The van der Waals surface area contributed by atoms with Crippen molar-refractivity contribution in [3.8, 4) is 0 Å². The highest BCUT2D eigenvalue weighted by atomic mass is 32.2. The molecule has 1 aliphatic rings. The largest absolute Gasteiger partial charge is 0.329 e. The number of rotatable bonds is 4. The van der Waals surface area contributed by atoms with Crippen LogP contribution in [0.15, 0.2) is 0 Å². The van der Waals surface area contributed by atoms with Crippen LogP contribution in [-0.2, 0) is 0 Å². The Bertz CT molecular complexity index is 119. The first-order valence-electron chi connectivity index (χ1n) is 5.09. The predicted octanol–water partition coefficient (Wildman–Crippen LogP) is 2.65. The topological polar surface area (TPSA) is 26.0 Å². The molecule has 0 spiro atoms. The maximum atomic E-state index is 5.78. The molecule has 1 aliphatic carbocycles. The summed E-state index contributed by atoms with van der Waals surface area (Å²) in [5.41, 5.74) is 5.78. The van der Waals surface area contributed by atoms with Crippen molar-refractivity contribution in [2.75, 3.05) is 6.54 Å². The van der Waals surface area contributed by atoms with E-state index in [1.807, 2.05) is 0 Å². The molecule has 0 aromatic rings. The highest BCUT2D eigenvalue weighted by Gasteiger charge is 2.24. The number of hydrogen-bond donors (Lipinski definition) is 1. The molecule has 1 rings (SSSR count). The number of hydrogen-bond acceptors (Lipinski definition) is 2. The molecule has 0 bridgehead atoms. The second-order valence-corrected chi connectivity index (χ2v) is 5.82. The van der Waals surface area contributed by atoms with Crippen LogP contribution in [0.1, 0.15) is 39.5 Å². The van der Waals surface area contributed by atoms with Gasteiger partial charge in [-0.1, -0.05) is 26.7 Å². The summed E-state index contributed by atoms with van der Waals surface area (Å²) in [5.74, 6) is 0.919. The lowest BCUT2D eigenvalue weighted by atomic mass is 10.0. The molecule has 1 atom stereocenters. The third kappa shape index (κ3) is 2.98. The van der Waals surface area contributed by atoms with Crippen LogP contribution in [0.3, 0.4) is 0 Å². The first kappa shape index (κ1) is 10.4. The molecule has 0 aromatic carbocycles. The van der Waals surface area contributed by atoms with Gasteiger partial charge in [0.25, 0.3) is 0 Å². The molecule has 0 radical (unpaired) electrons. The van der Waals surface area contributed by atoms with Crippen LogP contribution in [0.5, 0.6) is 0 Å². The molecule has 0 aliphatic heterocycles. The fraction of sp³-hybridized carbons (Fsp3) is 1.00. The lowest BCUT2D eigenvalue weighted by Gasteiger charge is -2.22. The van der Waals surface area contributed by atoms with Gasteiger partial charge in [-0.2, -0.15) is 11.8 Å². The zero-order valence-corrected chi connectivity index (χ0v) is 9.07. The van der Waals surface area contributed by atoms with Gasteiger partial charge in [0.15, 0.2) is 0 Å². The Hall–Kier alpha value is 0.310. The van der Waals surface area contributed by atoms with Crippen molar-refractivity contribution in [3.05, 3.63) is 0 Å². The normalized spacial score (nSPS) is 22.0. The van der Waals surface area contributed by atoms with E-state index in [2.05, 4.69) is 25.6 Å². The molecular formula is C10H21NS. The van der Waals surface area contributed by atoms with E-state index < -0.39 is 0 Å². The van der Waals surface area contributed by atoms with Crippen molar-refractivity contribution < 1.29 is 0 Å². The van der Waals surface area contributed by atoms with E-state index in [0.717, 1.165) is 23.0 Å². The van der Waals surface area contributed by atoms with Crippen LogP contribution in [-0.4, -0.2) is 17.0 Å². The Morgan fingerprint density at radius 3 is 2.33 bits per heavy atom. The third-order valence-electron chi connectivity index (χ3n) is 2.60. The zero-order chi connectivity index (χ0) is 8.97. The van der Waals surface area contributed by atoms with Gasteiger partial charge in [-0.05, 0) is 24.0 Å². The number of thioether (sulfide) groups is 1. The first-order valence-corrected chi connectivity index (χ1v) is 6.04. The van der Waals surface area contributed by atoms with Gasteiger partial charge < -0.3 is 5.73 Å². The van der Waals surface area contributed by atoms with E-state index in [4.69, 9.17) is 5.73 Å². The molecular weight excluding hydrogens is 166 g/mol.